The summed E-state index contributed by atoms with van der Waals surface area (Å²) in [7, 11) is 0. The zero-order chi connectivity index (χ0) is 14.5. The molecule has 0 saturated heterocycles. The molecular formula is C17H27NO2. The average molecular weight is 277 g/mol. The van der Waals surface area contributed by atoms with E-state index in [1.165, 1.54) is 25.7 Å². The number of anilines is 1. The van der Waals surface area contributed by atoms with Crippen LogP contribution in [-0.2, 0) is 0 Å². The first-order valence-corrected chi connectivity index (χ1v) is 7.83. The smallest absolute Gasteiger partial charge is 0.146 e. The predicted molar refractivity (Wildman–Crippen MR) is 83.3 cm³/mol. The van der Waals surface area contributed by atoms with Gasteiger partial charge in [-0.15, -0.1) is 0 Å². The zero-order valence-corrected chi connectivity index (χ0v) is 12.9. The van der Waals surface area contributed by atoms with Crippen molar-refractivity contribution in [2.45, 2.75) is 65.1 Å². The molecule has 2 unspecified atom stereocenters. The summed E-state index contributed by atoms with van der Waals surface area (Å²) in [6.45, 7) is 6.26. The predicted octanol–water partition coefficient (Wildman–Crippen LogP) is 4.40. The Bertz CT molecular complexity index is 431. The van der Waals surface area contributed by atoms with Crippen LogP contribution >= 0.6 is 0 Å². The van der Waals surface area contributed by atoms with E-state index in [0.717, 1.165) is 17.9 Å². The highest BCUT2D eigenvalue weighted by Crippen LogP contribution is 2.33. The second-order valence-corrected chi connectivity index (χ2v) is 5.98. The minimum Gasteiger partial charge on any atom is -0.490 e. The van der Waals surface area contributed by atoms with Crippen LogP contribution in [-0.4, -0.2) is 12.2 Å². The van der Waals surface area contributed by atoms with Gasteiger partial charge in [0.25, 0.3) is 0 Å². The van der Waals surface area contributed by atoms with Gasteiger partial charge in [0, 0.05) is 6.07 Å². The Morgan fingerprint density at radius 3 is 2.70 bits per heavy atom. The molecule has 3 heteroatoms. The maximum absolute atomic E-state index is 6.20. The number of nitrogen functional groups attached to an aromatic ring is 1. The van der Waals surface area contributed by atoms with Crippen molar-refractivity contribution in [1.82, 2.24) is 0 Å². The van der Waals surface area contributed by atoms with Crippen molar-refractivity contribution in [3.8, 4) is 11.5 Å². The lowest BCUT2D eigenvalue weighted by atomic mass is 9.85. The van der Waals surface area contributed by atoms with E-state index in [4.69, 9.17) is 15.2 Å². The number of hydrogen-bond acceptors (Lipinski definition) is 3. The molecule has 2 N–H and O–H groups in total. The molecule has 0 aliphatic heterocycles. The fourth-order valence-electron chi connectivity index (χ4n) is 2.91. The molecule has 1 aliphatic carbocycles. The summed E-state index contributed by atoms with van der Waals surface area (Å²) in [5.41, 5.74) is 6.61. The fraction of sp³-hybridized carbons (Fsp3) is 0.647. The average Bonchev–Trinajstić information content (AvgIpc) is 2.42. The molecule has 0 radical (unpaired) electrons. The van der Waals surface area contributed by atoms with Gasteiger partial charge in [-0.3, -0.25) is 0 Å². The van der Waals surface area contributed by atoms with Crippen LogP contribution in [0.3, 0.4) is 0 Å². The fourth-order valence-corrected chi connectivity index (χ4v) is 2.91. The molecular weight excluding hydrogens is 250 g/mol. The van der Waals surface area contributed by atoms with Gasteiger partial charge in [-0.05, 0) is 57.6 Å². The van der Waals surface area contributed by atoms with Crippen LogP contribution < -0.4 is 15.2 Å². The highest BCUT2D eigenvalue weighted by atomic mass is 16.5. The molecule has 2 rings (SSSR count). The molecule has 0 aromatic heterocycles. The lowest BCUT2D eigenvalue weighted by Gasteiger charge is -2.31. The summed E-state index contributed by atoms with van der Waals surface area (Å²) < 4.78 is 11.9. The lowest BCUT2D eigenvalue weighted by molar-refractivity contribution is 0.0899. The van der Waals surface area contributed by atoms with Crippen molar-refractivity contribution >= 4 is 5.69 Å². The van der Waals surface area contributed by atoms with E-state index in [-0.39, 0.29) is 6.10 Å². The molecule has 20 heavy (non-hydrogen) atoms. The van der Waals surface area contributed by atoms with E-state index >= 15 is 0 Å². The van der Waals surface area contributed by atoms with Crippen LogP contribution in [0.25, 0.3) is 0 Å². The van der Waals surface area contributed by atoms with Crippen molar-refractivity contribution in [2.24, 2.45) is 5.92 Å². The van der Waals surface area contributed by atoms with E-state index in [1.54, 1.807) is 0 Å². The van der Waals surface area contributed by atoms with E-state index < -0.39 is 0 Å². The molecule has 3 nitrogen and oxygen atoms in total. The maximum Gasteiger partial charge on any atom is 0.146 e. The third-order valence-corrected chi connectivity index (χ3v) is 4.00. The lowest BCUT2D eigenvalue weighted by Crippen LogP contribution is -2.29. The Morgan fingerprint density at radius 2 is 2.00 bits per heavy atom. The van der Waals surface area contributed by atoms with Crippen molar-refractivity contribution < 1.29 is 9.47 Å². The molecule has 1 fully saturated rings. The van der Waals surface area contributed by atoms with Crippen LogP contribution in [0, 0.1) is 5.92 Å². The van der Waals surface area contributed by atoms with Crippen LogP contribution in [0.2, 0.25) is 0 Å². The first-order chi connectivity index (χ1) is 9.60. The summed E-state index contributed by atoms with van der Waals surface area (Å²) in [4.78, 5) is 0. The topological polar surface area (TPSA) is 44.5 Å². The zero-order valence-electron chi connectivity index (χ0n) is 12.9. The maximum atomic E-state index is 6.20. The van der Waals surface area contributed by atoms with E-state index in [1.807, 2.05) is 32.0 Å². The molecule has 2 atom stereocenters. The number of hydrogen-bond donors (Lipinski definition) is 1. The van der Waals surface area contributed by atoms with Gasteiger partial charge in [-0.1, -0.05) is 13.3 Å². The van der Waals surface area contributed by atoms with Gasteiger partial charge < -0.3 is 15.2 Å². The van der Waals surface area contributed by atoms with Crippen LogP contribution in [0.4, 0.5) is 5.69 Å². The largest absolute Gasteiger partial charge is 0.490 e. The van der Waals surface area contributed by atoms with Gasteiger partial charge in [0.05, 0.1) is 11.8 Å². The normalized spacial score (nSPS) is 22.8. The molecule has 1 aromatic rings. The van der Waals surface area contributed by atoms with E-state index in [2.05, 4.69) is 6.92 Å². The molecule has 0 heterocycles. The second kappa shape index (κ2) is 6.87. The van der Waals surface area contributed by atoms with Crippen molar-refractivity contribution in [3.63, 3.8) is 0 Å². The van der Waals surface area contributed by atoms with Gasteiger partial charge in [0.1, 0.15) is 17.6 Å². The second-order valence-electron chi connectivity index (χ2n) is 5.98. The standard InChI is InChI=1S/C17H27NO2/c1-4-13-7-5-6-8-16(13)20-14-9-10-15(18)17(11-14)19-12(2)3/h9-13,16H,4-8,18H2,1-3H3. The quantitative estimate of drug-likeness (QED) is 0.811. The van der Waals surface area contributed by atoms with Gasteiger partial charge in [-0.25, -0.2) is 0 Å². The minimum atomic E-state index is 0.116. The Hall–Kier alpha value is -1.38. The molecule has 1 saturated carbocycles. The Kier molecular flexibility index (Phi) is 5.16. The first kappa shape index (κ1) is 15.0. The summed E-state index contributed by atoms with van der Waals surface area (Å²) >= 11 is 0. The minimum absolute atomic E-state index is 0.116. The van der Waals surface area contributed by atoms with Gasteiger partial charge in [-0.2, -0.15) is 0 Å². The summed E-state index contributed by atoms with van der Waals surface area (Å²) in [6.07, 6.45) is 6.69. The highest BCUT2D eigenvalue weighted by molar-refractivity contribution is 5.55. The third kappa shape index (κ3) is 3.81. The summed E-state index contributed by atoms with van der Waals surface area (Å²) in [5, 5.41) is 0. The number of rotatable bonds is 5. The van der Waals surface area contributed by atoms with Crippen LogP contribution in [0.15, 0.2) is 18.2 Å². The molecule has 1 aromatic carbocycles. The van der Waals surface area contributed by atoms with E-state index in [0.29, 0.717) is 17.7 Å². The van der Waals surface area contributed by atoms with Gasteiger partial charge in [0.15, 0.2) is 0 Å². The first-order valence-electron chi connectivity index (χ1n) is 7.83. The number of ether oxygens (including phenoxy) is 2. The van der Waals surface area contributed by atoms with Gasteiger partial charge >= 0.3 is 0 Å². The van der Waals surface area contributed by atoms with Gasteiger partial charge in [0.2, 0.25) is 0 Å². The molecule has 0 bridgehead atoms. The molecule has 112 valence electrons. The summed E-state index contributed by atoms with van der Waals surface area (Å²) in [5.74, 6) is 2.28. The van der Waals surface area contributed by atoms with Crippen molar-refractivity contribution in [3.05, 3.63) is 18.2 Å². The SMILES string of the molecule is CCC1CCCCC1Oc1ccc(N)c(OC(C)C)c1. The van der Waals surface area contributed by atoms with Crippen molar-refractivity contribution in [2.75, 3.05) is 5.73 Å². The number of nitrogens with two attached hydrogens (primary N) is 1. The summed E-state index contributed by atoms with van der Waals surface area (Å²) in [6, 6.07) is 5.75. The van der Waals surface area contributed by atoms with Crippen LogP contribution in [0.5, 0.6) is 11.5 Å². The molecule has 0 amide bonds. The van der Waals surface area contributed by atoms with Crippen molar-refractivity contribution in [1.29, 1.82) is 0 Å². The third-order valence-electron chi connectivity index (χ3n) is 4.00. The Labute approximate surface area is 122 Å². The molecule has 1 aliphatic rings. The highest BCUT2D eigenvalue weighted by Gasteiger charge is 2.25. The van der Waals surface area contributed by atoms with Crippen LogP contribution in [0.1, 0.15) is 52.9 Å². The monoisotopic (exact) mass is 277 g/mol. The van der Waals surface area contributed by atoms with E-state index in [9.17, 15) is 0 Å². The Balaban J connectivity index is 2.08. The Morgan fingerprint density at radius 1 is 1.25 bits per heavy atom. The number of benzene rings is 1. The molecule has 0 spiro atoms.